The number of amides is 1. The number of ether oxygens (including phenoxy) is 1. The van der Waals surface area contributed by atoms with Gasteiger partial charge in [0.05, 0.1) is 17.9 Å². The maximum atomic E-state index is 13.5. The van der Waals surface area contributed by atoms with Gasteiger partial charge in [-0.25, -0.2) is 4.39 Å². The smallest absolute Gasteiger partial charge is 0.224 e. The molecular weight excluding hydrogens is 419 g/mol. The van der Waals surface area contributed by atoms with Gasteiger partial charge in [0.15, 0.2) is 0 Å². The number of rotatable bonds is 4. The van der Waals surface area contributed by atoms with Crippen LogP contribution in [0.15, 0.2) is 48.8 Å². The Labute approximate surface area is 193 Å². The third-order valence-electron chi connectivity index (χ3n) is 6.72. The molecule has 0 unspecified atom stereocenters. The summed E-state index contributed by atoms with van der Waals surface area (Å²) in [7, 11) is 0. The van der Waals surface area contributed by atoms with Crippen molar-refractivity contribution < 1.29 is 13.9 Å². The first kappa shape index (κ1) is 21.6. The molecule has 7 heteroatoms. The van der Waals surface area contributed by atoms with Crippen LogP contribution in [0.25, 0.3) is 11.1 Å². The van der Waals surface area contributed by atoms with E-state index in [1.165, 1.54) is 12.1 Å². The Morgan fingerprint density at radius 3 is 2.61 bits per heavy atom. The fraction of sp³-hybridized carbons (Fsp3) is 0.385. The molecule has 0 bridgehead atoms. The second kappa shape index (κ2) is 8.98. The highest BCUT2D eigenvalue weighted by Gasteiger charge is 2.30. The third kappa shape index (κ3) is 4.25. The van der Waals surface area contributed by atoms with Crippen LogP contribution >= 0.6 is 0 Å². The number of anilines is 1. The molecule has 0 saturated carbocycles. The Morgan fingerprint density at radius 1 is 1.12 bits per heavy atom. The van der Waals surface area contributed by atoms with E-state index < -0.39 is 0 Å². The minimum atomic E-state index is -0.308. The normalized spacial score (nSPS) is 18.8. The van der Waals surface area contributed by atoms with Gasteiger partial charge in [-0.1, -0.05) is 0 Å². The van der Waals surface area contributed by atoms with Crippen LogP contribution in [0.1, 0.15) is 44.7 Å². The number of benzene rings is 2. The molecule has 1 fully saturated rings. The SMILES string of the molecule is CC(=O)N1c2ccc(-c3cnn(C4CCNCC4)c3)c(Oc3ccc(F)cc3)c2CC[C@@H]1C. The molecule has 2 aromatic carbocycles. The molecule has 2 aliphatic heterocycles. The summed E-state index contributed by atoms with van der Waals surface area (Å²) in [5.41, 5.74) is 3.78. The third-order valence-corrected chi connectivity index (χ3v) is 6.72. The second-order valence-electron chi connectivity index (χ2n) is 8.96. The van der Waals surface area contributed by atoms with Crippen LogP contribution in [-0.2, 0) is 11.2 Å². The van der Waals surface area contributed by atoms with Gasteiger partial charge in [-0.15, -0.1) is 0 Å². The number of nitrogens with one attached hydrogen (secondary N) is 1. The molecule has 5 rings (SSSR count). The van der Waals surface area contributed by atoms with Crippen molar-refractivity contribution in [3.05, 3.63) is 60.2 Å². The number of aromatic nitrogens is 2. The molecule has 3 aromatic rings. The van der Waals surface area contributed by atoms with Crippen molar-refractivity contribution in [2.24, 2.45) is 0 Å². The van der Waals surface area contributed by atoms with Gasteiger partial charge < -0.3 is 15.0 Å². The molecule has 33 heavy (non-hydrogen) atoms. The molecule has 1 amide bonds. The van der Waals surface area contributed by atoms with Crippen LogP contribution in [0.2, 0.25) is 0 Å². The zero-order chi connectivity index (χ0) is 22.9. The molecule has 1 saturated heterocycles. The quantitative estimate of drug-likeness (QED) is 0.604. The predicted octanol–water partition coefficient (Wildman–Crippen LogP) is 5.09. The van der Waals surface area contributed by atoms with Crippen molar-refractivity contribution >= 4 is 11.6 Å². The molecule has 0 spiro atoms. The predicted molar refractivity (Wildman–Crippen MR) is 126 cm³/mol. The minimum absolute atomic E-state index is 0.0164. The van der Waals surface area contributed by atoms with E-state index in [0.29, 0.717) is 17.5 Å². The molecule has 2 aliphatic rings. The van der Waals surface area contributed by atoms with Gasteiger partial charge in [-0.05, 0) is 82.1 Å². The van der Waals surface area contributed by atoms with Crippen molar-refractivity contribution in [1.82, 2.24) is 15.1 Å². The maximum Gasteiger partial charge on any atom is 0.224 e. The molecule has 1 N–H and O–H groups in total. The van der Waals surface area contributed by atoms with Gasteiger partial charge in [0.1, 0.15) is 17.3 Å². The van der Waals surface area contributed by atoms with E-state index in [9.17, 15) is 9.18 Å². The lowest BCUT2D eigenvalue weighted by atomic mass is 9.92. The molecule has 0 aliphatic carbocycles. The zero-order valence-electron chi connectivity index (χ0n) is 19.1. The first-order valence-electron chi connectivity index (χ1n) is 11.7. The number of hydrogen-bond acceptors (Lipinski definition) is 4. The van der Waals surface area contributed by atoms with E-state index in [2.05, 4.69) is 28.2 Å². The van der Waals surface area contributed by atoms with Crippen molar-refractivity contribution in [3.8, 4) is 22.6 Å². The topological polar surface area (TPSA) is 59.4 Å². The van der Waals surface area contributed by atoms with Crippen LogP contribution in [0.4, 0.5) is 10.1 Å². The average Bonchev–Trinajstić information content (AvgIpc) is 3.31. The summed E-state index contributed by atoms with van der Waals surface area (Å²) in [6.07, 6.45) is 7.72. The lowest BCUT2D eigenvalue weighted by Crippen LogP contribution is -2.40. The molecule has 0 radical (unpaired) electrons. The van der Waals surface area contributed by atoms with E-state index in [0.717, 1.165) is 61.2 Å². The lowest BCUT2D eigenvalue weighted by Gasteiger charge is -2.36. The fourth-order valence-electron chi connectivity index (χ4n) is 5.00. The summed E-state index contributed by atoms with van der Waals surface area (Å²) in [6.45, 7) is 5.66. The van der Waals surface area contributed by atoms with Crippen molar-refractivity contribution in [3.63, 3.8) is 0 Å². The maximum absolute atomic E-state index is 13.5. The summed E-state index contributed by atoms with van der Waals surface area (Å²) >= 11 is 0. The van der Waals surface area contributed by atoms with E-state index in [4.69, 9.17) is 4.74 Å². The monoisotopic (exact) mass is 448 g/mol. The lowest BCUT2D eigenvalue weighted by molar-refractivity contribution is -0.117. The number of halogens is 1. The van der Waals surface area contributed by atoms with E-state index in [1.54, 1.807) is 19.1 Å². The minimum Gasteiger partial charge on any atom is -0.456 e. The standard InChI is InChI=1S/C26H29FN4O2/c1-17-3-8-24-25(31(17)18(2)32)10-9-23(26(24)33-22-6-4-20(27)5-7-22)19-15-29-30(16-19)21-11-13-28-14-12-21/h4-7,9-10,15-17,21,28H,3,8,11-14H2,1-2H3/t17-/m0/s1. The summed E-state index contributed by atoms with van der Waals surface area (Å²) in [4.78, 5) is 14.3. The highest BCUT2D eigenvalue weighted by atomic mass is 19.1. The van der Waals surface area contributed by atoms with Gasteiger partial charge >= 0.3 is 0 Å². The first-order chi connectivity index (χ1) is 16.0. The molecule has 3 heterocycles. The summed E-state index contributed by atoms with van der Waals surface area (Å²) in [5, 5.41) is 8.06. The summed E-state index contributed by atoms with van der Waals surface area (Å²) in [6, 6.07) is 10.6. The van der Waals surface area contributed by atoms with Gasteiger partial charge in [0.2, 0.25) is 5.91 Å². The summed E-state index contributed by atoms with van der Waals surface area (Å²) < 4.78 is 21.9. The van der Waals surface area contributed by atoms with E-state index in [1.807, 2.05) is 23.2 Å². The molecule has 1 atom stereocenters. The Kier molecular flexibility index (Phi) is 5.89. The highest BCUT2D eigenvalue weighted by Crippen LogP contribution is 2.44. The van der Waals surface area contributed by atoms with Gasteiger partial charge in [0, 0.05) is 35.9 Å². The molecule has 172 valence electrons. The largest absolute Gasteiger partial charge is 0.456 e. The van der Waals surface area contributed by atoms with E-state index >= 15 is 0 Å². The Hall–Kier alpha value is -3.19. The van der Waals surface area contributed by atoms with Crippen molar-refractivity contribution in [1.29, 1.82) is 0 Å². The number of piperidine rings is 1. The number of nitrogens with zero attached hydrogens (tertiary/aromatic N) is 3. The molecule has 1 aromatic heterocycles. The Bertz CT molecular complexity index is 1150. The zero-order valence-corrected chi connectivity index (χ0v) is 19.1. The number of carbonyl (C=O) groups excluding carboxylic acids is 1. The van der Waals surface area contributed by atoms with Crippen LogP contribution in [0.3, 0.4) is 0 Å². The summed E-state index contributed by atoms with van der Waals surface area (Å²) in [5.74, 6) is 0.979. The van der Waals surface area contributed by atoms with Crippen LogP contribution in [0, 0.1) is 5.82 Å². The number of hydrogen-bond donors (Lipinski definition) is 1. The van der Waals surface area contributed by atoms with Crippen molar-refractivity contribution in [2.75, 3.05) is 18.0 Å². The molecule has 6 nitrogen and oxygen atoms in total. The van der Waals surface area contributed by atoms with Gasteiger partial charge in [0.25, 0.3) is 0 Å². The highest BCUT2D eigenvalue weighted by molar-refractivity contribution is 5.95. The van der Waals surface area contributed by atoms with Crippen LogP contribution in [-0.4, -0.2) is 34.8 Å². The Balaban J connectivity index is 1.59. The first-order valence-corrected chi connectivity index (χ1v) is 11.7. The fourth-order valence-corrected chi connectivity index (χ4v) is 5.00. The van der Waals surface area contributed by atoms with Gasteiger partial charge in [-0.2, -0.15) is 5.10 Å². The number of fused-ring (bicyclic) bond motifs is 1. The number of carbonyl (C=O) groups is 1. The Morgan fingerprint density at radius 2 is 1.88 bits per heavy atom. The molecular formula is C26H29FN4O2. The van der Waals surface area contributed by atoms with Crippen LogP contribution < -0.4 is 15.0 Å². The van der Waals surface area contributed by atoms with Gasteiger partial charge in [-0.3, -0.25) is 9.48 Å². The van der Waals surface area contributed by atoms with E-state index in [-0.39, 0.29) is 17.8 Å². The second-order valence-corrected chi connectivity index (χ2v) is 8.96. The van der Waals surface area contributed by atoms with Crippen molar-refractivity contribution in [2.45, 2.75) is 51.6 Å². The van der Waals surface area contributed by atoms with Crippen LogP contribution in [0.5, 0.6) is 11.5 Å². The average molecular weight is 449 g/mol.